The van der Waals surface area contributed by atoms with Crippen LogP contribution in [0.5, 0.6) is 0 Å². The van der Waals surface area contributed by atoms with Gasteiger partial charge in [0.2, 0.25) is 0 Å². The first-order valence-corrected chi connectivity index (χ1v) is 10.9. The van der Waals surface area contributed by atoms with E-state index in [0.717, 1.165) is 22.9 Å². The molecule has 0 unspecified atom stereocenters. The fourth-order valence-corrected chi connectivity index (χ4v) is 3.79. The standard InChI is InChI=1S/C21H16ClN3O3S/c1-29(27,28)15-9-10-17(22)16(12-15)21(26)23-14-6-4-5-13(11-14)20-24-18-7-2-3-8-19(18)25-20/h2-12H,1H3,(H,23,26)(H,24,25). The van der Waals surface area contributed by atoms with Crippen molar-refractivity contribution in [3.63, 3.8) is 0 Å². The van der Waals surface area contributed by atoms with Crippen molar-refractivity contribution < 1.29 is 13.2 Å². The lowest BCUT2D eigenvalue weighted by Gasteiger charge is -2.09. The summed E-state index contributed by atoms with van der Waals surface area (Å²) in [6.45, 7) is 0. The maximum atomic E-state index is 12.7. The molecule has 0 aliphatic carbocycles. The Morgan fingerprint density at radius 2 is 1.83 bits per heavy atom. The molecule has 1 aromatic heterocycles. The molecule has 4 rings (SSSR count). The van der Waals surface area contributed by atoms with Gasteiger partial charge in [-0.25, -0.2) is 13.4 Å². The number of nitrogens with one attached hydrogen (secondary N) is 2. The molecule has 146 valence electrons. The molecule has 0 radical (unpaired) electrons. The fraction of sp³-hybridized carbons (Fsp3) is 0.0476. The number of benzene rings is 3. The maximum absolute atomic E-state index is 12.7. The van der Waals surface area contributed by atoms with Crippen LogP contribution in [0.4, 0.5) is 5.69 Å². The van der Waals surface area contributed by atoms with Gasteiger partial charge in [-0.1, -0.05) is 35.9 Å². The smallest absolute Gasteiger partial charge is 0.257 e. The number of para-hydroxylation sites is 2. The highest BCUT2D eigenvalue weighted by Gasteiger charge is 2.16. The number of hydrogen-bond donors (Lipinski definition) is 2. The third-order valence-corrected chi connectivity index (χ3v) is 5.83. The molecule has 1 amide bonds. The van der Waals surface area contributed by atoms with E-state index in [-0.39, 0.29) is 15.5 Å². The van der Waals surface area contributed by atoms with Crippen molar-refractivity contribution in [3.8, 4) is 11.4 Å². The van der Waals surface area contributed by atoms with E-state index in [9.17, 15) is 13.2 Å². The molecule has 2 N–H and O–H groups in total. The third-order valence-electron chi connectivity index (χ3n) is 4.39. The number of anilines is 1. The summed E-state index contributed by atoms with van der Waals surface area (Å²) in [5, 5.41) is 2.93. The van der Waals surface area contributed by atoms with Gasteiger partial charge in [-0.2, -0.15) is 0 Å². The Kier molecular flexibility index (Phi) is 4.86. The molecule has 0 aliphatic heterocycles. The van der Waals surface area contributed by atoms with Crippen molar-refractivity contribution >= 4 is 44.1 Å². The van der Waals surface area contributed by atoms with Gasteiger partial charge in [-0.15, -0.1) is 0 Å². The highest BCUT2D eigenvalue weighted by Crippen LogP contribution is 2.25. The topological polar surface area (TPSA) is 91.9 Å². The van der Waals surface area contributed by atoms with Crippen LogP contribution in [-0.4, -0.2) is 30.5 Å². The zero-order valence-electron chi connectivity index (χ0n) is 15.3. The molecular formula is C21H16ClN3O3S. The first-order chi connectivity index (χ1) is 13.8. The number of nitrogens with zero attached hydrogens (tertiary/aromatic N) is 1. The SMILES string of the molecule is CS(=O)(=O)c1ccc(Cl)c(C(=O)Nc2cccc(-c3nc4ccccc4[nH]3)c2)c1. The number of H-pyrrole nitrogens is 1. The molecule has 0 saturated heterocycles. The van der Waals surface area contributed by atoms with Gasteiger partial charge in [0.05, 0.1) is 26.5 Å². The molecule has 8 heteroatoms. The molecule has 3 aromatic carbocycles. The van der Waals surface area contributed by atoms with Crippen LogP contribution in [0.15, 0.2) is 71.6 Å². The summed E-state index contributed by atoms with van der Waals surface area (Å²) in [7, 11) is -3.46. The quantitative estimate of drug-likeness (QED) is 0.502. The number of carbonyl (C=O) groups is 1. The number of imidazole rings is 1. The average molecular weight is 426 g/mol. The second-order valence-corrected chi connectivity index (χ2v) is 8.97. The van der Waals surface area contributed by atoms with Gasteiger partial charge in [0.1, 0.15) is 5.82 Å². The maximum Gasteiger partial charge on any atom is 0.257 e. The van der Waals surface area contributed by atoms with Crippen LogP contribution in [0.3, 0.4) is 0 Å². The molecule has 0 atom stereocenters. The van der Waals surface area contributed by atoms with E-state index in [1.54, 1.807) is 18.2 Å². The second-order valence-electron chi connectivity index (χ2n) is 6.55. The summed E-state index contributed by atoms with van der Waals surface area (Å²) >= 11 is 6.11. The first kappa shape index (κ1) is 19.2. The van der Waals surface area contributed by atoms with E-state index in [4.69, 9.17) is 11.6 Å². The summed E-state index contributed by atoms with van der Waals surface area (Å²) in [5.41, 5.74) is 3.19. The molecule has 4 aromatic rings. The lowest BCUT2D eigenvalue weighted by atomic mass is 10.1. The van der Waals surface area contributed by atoms with Gasteiger partial charge >= 0.3 is 0 Å². The van der Waals surface area contributed by atoms with Crippen molar-refractivity contribution in [3.05, 3.63) is 77.3 Å². The van der Waals surface area contributed by atoms with Gasteiger partial charge in [0.25, 0.3) is 5.91 Å². The molecule has 29 heavy (non-hydrogen) atoms. The van der Waals surface area contributed by atoms with Gasteiger partial charge in [-0.05, 0) is 42.5 Å². The Morgan fingerprint density at radius 1 is 1.03 bits per heavy atom. The second kappa shape index (κ2) is 7.35. The van der Waals surface area contributed by atoms with E-state index >= 15 is 0 Å². The number of sulfone groups is 1. The molecular weight excluding hydrogens is 410 g/mol. The Hall–Kier alpha value is -3.16. The zero-order valence-corrected chi connectivity index (χ0v) is 16.9. The van der Waals surface area contributed by atoms with Crippen LogP contribution in [0, 0.1) is 0 Å². The Bertz CT molecular complexity index is 1310. The predicted molar refractivity (Wildman–Crippen MR) is 114 cm³/mol. The highest BCUT2D eigenvalue weighted by molar-refractivity contribution is 7.90. The minimum absolute atomic E-state index is 0.0306. The Balaban J connectivity index is 1.64. The number of fused-ring (bicyclic) bond motifs is 1. The molecule has 0 aliphatic rings. The largest absolute Gasteiger partial charge is 0.338 e. The average Bonchev–Trinajstić information content (AvgIpc) is 3.12. The summed E-state index contributed by atoms with van der Waals surface area (Å²) < 4.78 is 23.5. The van der Waals surface area contributed by atoms with Crippen LogP contribution < -0.4 is 5.32 Å². The number of aromatic nitrogens is 2. The van der Waals surface area contributed by atoms with Crippen molar-refractivity contribution in [2.45, 2.75) is 4.90 Å². The van der Waals surface area contributed by atoms with E-state index in [0.29, 0.717) is 11.5 Å². The minimum atomic E-state index is -3.46. The van der Waals surface area contributed by atoms with Crippen LogP contribution >= 0.6 is 11.6 Å². The summed E-state index contributed by atoms with van der Waals surface area (Å²) in [5.74, 6) is 0.182. The van der Waals surface area contributed by atoms with Gasteiger partial charge in [-0.3, -0.25) is 4.79 Å². The fourth-order valence-electron chi connectivity index (χ4n) is 2.94. The Labute approximate surface area is 172 Å². The van der Waals surface area contributed by atoms with E-state index < -0.39 is 15.7 Å². The van der Waals surface area contributed by atoms with E-state index in [2.05, 4.69) is 15.3 Å². The number of halogens is 1. The summed E-state index contributed by atoms with van der Waals surface area (Å²) in [6, 6.07) is 18.9. The monoisotopic (exact) mass is 425 g/mol. The molecule has 0 fully saturated rings. The summed E-state index contributed by atoms with van der Waals surface area (Å²) in [6.07, 6.45) is 1.08. The molecule has 0 saturated carbocycles. The first-order valence-electron chi connectivity index (χ1n) is 8.67. The zero-order chi connectivity index (χ0) is 20.6. The number of hydrogen-bond acceptors (Lipinski definition) is 4. The van der Waals surface area contributed by atoms with Crippen LogP contribution in [-0.2, 0) is 9.84 Å². The minimum Gasteiger partial charge on any atom is -0.338 e. The highest BCUT2D eigenvalue weighted by atomic mass is 35.5. The molecule has 0 bridgehead atoms. The van der Waals surface area contributed by atoms with Crippen LogP contribution in [0.1, 0.15) is 10.4 Å². The number of aromatic amines is 1. The lowest BCUT2D eigenvalue weighted by Crippen LogP contribution is -2.13. The predicted octanol–water partition coefficient (Wildman–Crippen LogP) is 4.54. The van der Waals surface area contributed by atoms with Crippen LogP contribution in [0.25, 0.3) is 22.4 Å². The Morgan fingerprint density at radius 3 is 2.59 bits per heavy atom. The van der Waals surface area contributed by atoms with Crippen molar-refractivity contribution in [2.75, 3.05) is 11.6 Å². The van der Waals surface area contributed by atoms with Crippen molar-refractivity contribution in [1.29, 1.82) is 0 Å². The third kappa shape index (κ3) is 4.01. The van der Waals surface area contributed by atoms with Gasteiger partial charge in [0.15, 0.2) is 9.84 Å². The van der Waals surface area contributed by atoms with E-state index in [1.807, 2.05) is 30.3 Å². The lowest BCUT2D eigenvalue weighted by molar-refractivity contribution is 0.102. The van der Waals surface area contributed by atoms with Gasteiger partial charge < -0.3 is 10.3 Å². The van der Waals surface area contributed by atoms with Crippen molar-refractivity contribution in [1.82, 2.24) is 9.97 Å². The molecule has 6 nitrogen and oxygen atoms in total. The normalized spacial score (nSPS) is 11.5. The number of amides is 1. The molecule has 0 spiro atoms. The van der Waals surface area contributed by atoms with E-state index in [1.165, 1.54) is 18.2 Å². The van der Waals surface area contributed by atoms with Gasteiger partial charge in [0, 0.05) is 17.5 Å². The van der Waals surface area contributed by atoms with Crippen molar-refractivity contribution in [2.24, 2.45) is 0 Å². The molecule has 1 heterocycles. The number of rotatable bonds is 4. The number of carbonyl (C=O) groups excluding carboxylic acids is 1. The summed E-state index contributed by atoms with van der Waals surface area (Å²) in [4.78, 5) is 20.5. The van der Waals surface area contributed by atoms with Crippen LogP contribution in [0.2, 0.25) is 5.02 Å².